The lowest BCUT2D eigenvalue weighted by molar-refractivity contribution is 0.673. The van der Waals surface area contributed by atoms with E-state index in [1.54, 1.807) is 24.3 Å². The van der Waals surface area contributed by atoms with E-state index in [2.05, 4.69) is 0 Å². The van der Waals surface area contributed by atoms with Gasteiger partial charge in [0.05, 0.1) is 12.2 Å². The Balaban J connectivity index is 2.17. The van der Waals surface area contributed by atoms with Crippen molar-refractivity contribution >= 4 is 17.4 Å². The summed E-state index contributed by atoms with van der Waals surface area (Å²) in [5, 5.41) is 0.481. The van der Waals surface area contributed by atoms with E-state index < -0.39 is 11.2 Å². The monoisotopic (exact) mass is 327 g/mol. The van der Waals surface area contributed by atoms with Crippen LogP contribution in [0.4, 0.5) is 5.82 Å². The Labute approximate surface area is 137 Å². The zero-order chi connectivity index (χ0) is 16.4. The number of nitrogen functional groups attached to an aromatic ring is 1. The molecule has 2 aromatic carbocycles. The Morgan fingerprint density at radius 3 is 2.39 bits per heavy atom. The molecule has 116 valence electrons. The SMILES string of the molecule is Nc1cc(=O)n(Cc2ccccc2)c(=O)n1-c1cccc(Cl)c1. The number of benzene rings is 2. The quantitative estimate of drug-likeness (QED) is 0.802. The second-order valence-corrected chi connectivity index (χ2v) is 5.51. The maximum Gasteiger partial charge on any atom is 0.337 e. The van der Waals surface area contributed by atoms with E-state index >= 15 is 0 Å². The Bertz CT molecular complexity index is 962. The van der Waals surface area contributed by atoms with Crippen LogP contribution in [-0.2, 0) is 6.54 Å². The molecule has 0 fully saturated rings. The molecule has 1 aromatic heterocycles. The fourth-order valence-electron chi connectivity index (χ4n) is 2.38. The van der Waals surface area contributed by atoms with Crippen molar-refractivity contribution in [3.05, 3.63) is 92.1 Å². The van der Waals surface area contributed by atoms with Crippen molar-refractivity contribution in [2.24, 2.45) is 0 Å². The van der Waals surface area contributed by atoms with E-state index in [0.29, 0.717) is 10.7 Å². The summed E-state index contributed by atoms with van der Waals surface area (Å²) in [5.41, 5.74) is 6.31. The Morgan fingerprint density at radius 2 is 1.70 bits per heavy atom. The number of nitrogens with two attached hydrogens (primary N) is 1. The highest BCUT2D eigenvalue weighted by Crippen LogP contribution is 2.15. The van der Waals surface area contributed by atoms with Crippen LogP contribution in [0.2, 0.25) is 5.02 Å². The first-order chi connectivity index (χ1) is 11.1. The molecule has 0 atom stereocenters. The topological polar surface area (TPSA) is 70.0 Å². The number of hydrogen-bond acceptors (Lipinski definition) is 3. The third-order valence-corrected chi connectivity index (χ3v) is 3.70. The highest BCUT2D eigenvalue weighted by molar-refractivity contribution is 6.30. The molecule has 2 N–H and O–H groups in total. The zero-order valence-corrected chi connectivity index (χ0v) is 12.9. The van der Waals surface area contributed by atoms with Crippen molar-refractivity contribution < 1.29 is 0 Å². The van der Waals surface area contributed by atoms with Crippen LogP contribution in [0.15, 0.2) is 70.3 Å². The van der Waals surface area contributed by atoms with Crippen LogP contribution in [0.3, 0.4) is 0 Å². The van der Waals surface area contributed by atoms with Gasteiger partial charge < -0.3 is 5.73 Å². The second kappa shape index (κ2) is 6.14. The van der Waals surface area contributed by atoms with E-state index in [9.17, 15) is 9.59 Å². The average molecular weight is 328 g/mol. The number of rotatable bonds is 3. The van der Waals surface area contributed by atoms with Gasteiger partial charge in [-0.1, -0.05) is 48.0 Å². The molecule has 5 nitrogen and oxygen atoms in total. The molecule has 0 bridgehead atoms. The molecule has 0 amide bonds. The molecule has 0 unspecified atom stereocenters. The molecule has 0 saturated carbocycles. The van der Waals surface area contributed by atoms with Gasteiger partial charge in [-0.2, -0.15) is 0 Å². The van der Waals surface area contributed by atoms with Crippen molar-refractivity contribution in [2.75, 3.05) is 5.73 Å². The number of halogens is 1. The van der Waals surface area contributed by atoms with E-state index in [1.165, 1.54) is 10.6 Å². The summed E-state index contributed by atoms with van der Waals surface area (Å²) >= 11 is 5.98. The molecule has 0 saturated heterocycles. The van der Waals surface area contributed by atoms with Gasteiger partial charge in [-0.25, -0.2) is 9.36 Å². The summed E-state index contributed by atoms with van der Waals surface area (Å²) in [5.74, 6) is 0.0755. The third-order valence-electron chi connectivity index (χ3n) is 3.47. The predicted octanol–water partition coefficient (Wildman–Crippen LogP) is 2.28. The Kier molecular flexibility index (Phi) is 4.04. The smallest absolute Gasteiger partial charge is 0.337 e. The average Bonchev–Trinajstić information content (AvgIpc) is 2.52. The van der Waals surface area contributed by atoms with Crippen LogP contribution in [-0.4, -0.2) is 9.13 Å². The van der Waals surface area contributed by atoms with E-state index in [1.807, 2.05) is 30.3 Å². The van der Waals surface area contributed by atoms with E-state index in [0.717, 1.165) is 10.1 Å². The fourth-order valence-corrected chi connectivity index (χ4v) is 2.57. The molecule has 0 aliphatic rings. The third kappa shape index (κ3) is 3.05. The van der Waals surface area contributed by atoms with Crippen LogP contribution < -0.4 is 17.0 Å². The standard InChI is InChI=1S/C17H14ClN3O2/c18-13-7-4-8-14(9-13)21-15(19)10-16(22)20(17(21)23)11-12-5-2-1-3-6-12/h1-10H,11,19H2. The minimum absolute atomic E-state index is 0.0755. The second-order valence-electron chi connectivity index (χ2n) is 5.08. The molecular formula is C17H14ClN3O2. The van der Waals surface area contributed by atoms with Gasteiger partial charge in [0.1, 0.15) is 5.82 Å². The summed E-state index contributed by atoms with van der Waals surface area (Å²) in [6.45, 7) is 0.180. The molecular weight excluding hydrogens is 314 g/mol. The first-order valence-electron chi connectivity index (χ1n) is 6.98. The molecule has 1 heterocycles. The summed E-state index contributed by atoms with van der Waals surface area (Å²) in [4.78, 5) is 24.9. The first-order valence-corrected chi connectivity index (χ1v) is 7.36. The van der Waals surface area contributed by atoms with Crippen molar-refractivity contribution in [3.63, 3.8) is 0 Å². The van der Waals surface area contributed by atoms with Gasteiger partial charge >= 0.3 is 5.69 Å². The van der Waals surface area contributed by atoms with Gasteiger partial charge in [0.25, 0.3) is 5.56 Å². The minimum atomic E-state index is -0.499. The maximum atomic E-state index is 12.7. The number of anilines is 1. The minimum Gasteiger partial charge on any atom is -0.385 e. The number of nitrogens with zero attached hydrogens (tertiary/aromatic N) is 2. The van der Waals surface area contributed by atoms with Crippen LogP contribution in [0, 0.1) is 0 Å². The molecule has 0 aliphatic heterocycles. The van der Waals surface area contributed by atoms with Crippen LogP contribution >= 0.6 is 11.6 Å². The number of aromatic nitrogens is 2. The zero-order valence-electron chi connectivity index (χ0n) is 12.1. The largest absolute Gasteiger partial charge is 0.385 e. The Morgan fingerprint density at radius 1 is 0.957 bits per heavy atom. The highest BCUT2D eigenvalue weighted by atomic mass is 35.5. The molecule has 3 aromatic rings. The summed E-state index contributed by atoms with van der Waals surface area (Å²) in [6, 6.07) is 17.3. The maximum absolute atomic E-state index is 12.7. The molecule has 0 aliphatic carbocycles. The van der Waals surface area contributed by atoms with Crippen LogP contribution in [0.5, 0.6) is 0 Å². The van der Waals surface area contributed by atoms with Crippen molar-refractivity contribution in [2.45, 2.75) is 6.54 Å². The van der Waals surface area contributed by atoms with Crippen LogP contribution in [0.1, 0.15) is 5.56 Å². The van der Waals surface area contributed by atoms with Gasteiger partial charge in [0.2, 0.25) is 0 Å². The molecule has 0 radical (unpaired) electrons. The normalized spacial score (nSPS) is 10.7. The number of hydrogen-bond donors (Lipinski definition) is 1. The fraction of sp³-hybridized carbons (Fsp3) is 0.0588. The molecule has 0 spiro atoms. The van der Waals surface area contributed by atoms with Gasteiger partial charge in [-0.05, 0) is 23.8 Å². The van der Waals surface area contributed by atoms with Gasteiger partial charge in [0.15, 0.2) is 0 Å². The van der Waals surface area contributed by atoms with Crippen molar-refractivity contribution in [3.8, 4) is 5.69 Å². The first kappa shape index (κ1) is 15.1. The Hall–Kier alpha value is -2.79. The van der Waals surface area contributed by atoms with Crippen LogP contribution in [0.25, 0.3) is 5.69 Å². The predicted molar refractivity (Wildman–Crippen MR) is 91.3 cm³/mol. The van der Waals surface area contributed by atoms with Crippen molar-refractivity contribution in [1.82, 2.24) is 9.13 Å². The lowest BCUT2D eigenvalue weighted by atomic mass is 10.2. The lowest BCUT2D eigenvalue weighted by Crippen LogP contribution is -2.40. The van der Waals surface area contributed by atoms with E-state index in [-0.39, 0.29) is 12.4 Å². The summed E-state index contributed by atoms with van der Waals surface area (Å²) in [7, 11) is 0. The molecule has 23 heavy (non-hydrogen) atoms. The van der Waals surface area contributed by atoms with Gasteiger partial charge in [-0.15, -0.1) is 0 Å². The highest BCUT2D eigenvalue weighted by Gasteiger charge is 2.11. The van der Waals surface area contributed by atoms with Gasteiger partial charge in [-0.3, -0.25) is 9.36 Å². The summed E-state index contributed by atoms with van der Waals surface area (Å²) < 4.78 is 2.42. The molecule has 6 heteroatoms. The van der Waals surface area contributed by atoms with Crippen molar-refractivity contribution in [1.29, 1.82) is 0 Å². The van der Waals surface area contributed by atoms with E-state index in [4.69, 9.17) is 17.3 Å². The summed E-state index contributed by atoms with van der Waals surface area (Å²) in [6.07, 6.45) is 0. The van der Waals surface area contributed by atoms with Gasteiger partial charge in [0, 0.05) is 11.1 Å². The molecule has 3 rings (SSSR count). The lowest BCUT2D eigenvalue weighted by Gasteiger charge is -2.13.